The first-order chi connectivity index (χ1) is 17.3. The Bertz CT molecular complexity index is 1400. The van der Waals surface area contributed by atoms with E-state index < -0.39 is 30.2 Å². The number of nitrogens with zero attached hydrogens (tertiary/aromatic N) is 3. The van der Waals surface area contributed by atoms with Gasteiger partial charge in [0.25, 0.3) is 5.91 Å². The monoisotopic (exact) mass is 509 g/mol. The first-order valence-electron chi connectivity index (χ1n) is 10.6. The molecule has 4 rings (SSSR count). The molecule has 3 aromatic carbocycles. The van der Waals surface area contributed by atoms with Gasteiger partial charge in [0, 0.05) is 6.08 Å². The zero-order chi connectivity index (χ0) is 25.5. The number of ether oxygens (including phenoxy) is 1. The van der Waals surface area contributed by atoms with Crippen LogP contribution in [0, 0.1) is 0 Å². The summed E-state index contributed by atoms with van der Waals surface area (Å²) >= 11 is 1.38. The van der Waals surface area contributed by atoms with E-state index in [0.717, 1.165) is 33.4 Å². The van der Waals surface area contributed by atoms with Crippen molar-refractivity contribution in [3.05, 3.63) is 101 Å². The van der Waals surface area contributed by atoms with Crippen LogP contribution in [0.15, 0.2) is 90.0 Å². The summed E-state index contributed by atoms with van der Waals surface area (Å²) in [6.07, 6.45) is -0.679. The standard InChI is InChI=1S/C26H18F3N3O3S/c27-26(28,29)19-9-6-10-20(15-19)32(30-16-18-7-2-1-3-8-18)24(33)17-35-25(34)14-13-23-31-21-11-4-5-12-22(21)36-23/h1-16H,17H2/b14-13+,30-16-. The number of rotatable bonds is 7. The molecule has 0 unspecified atom stereocenters. The number of hydrogen-bond acceptors (Lipinski definition) is 6. The number of hydrazone groups is 1. The van der Waals surface area contributed by atoms with Crippen molar-refractivity contribution < 1.29 is 27.5 Å². The van der Waals surface area contributed by atoms with Gasteiger partial charge in [-0.25, -0.2) is 9.78 Å². The molecule has 0 aliphatic heterocycles. The lowest BCUT2D eigenvalue weighted by molar-refractivity contribution is -0.142. The number of halogens is 3. The highest BCUT2D eigenvalue weighted by atomic mass is 32.1. The van der Waals surface area contributed by atoms with Crippen molar-refractivity contribution >= 4 is 51.4 Å². The van der Waals surface area contributed by atoms with E-state index >= 15 is 0 Å². The van der Waals surface area contributed by atoms with Crippen LogP contribution in [0.5, 0.6) is 0 Å². The summed E-state index contributed by atoms with van der Waals surface area (Å²) in [4.78, 5) is 29.4. The number of alkyl halides is 3. The third-order valence-corrected chi connectivity index (χ3v) is 5.79. The van der Waals surface area contributed by atoms with Gasteiger partial charge in [-0.2, -0.15) is 23.3 Å². The molecule has 1 aromatic heterocycles. The van der Waals surface area contributed by atoms with Crippen molar-refractivity contribution in [2.24, 2.45) is 5.10 Å². The molecule has 0 aliphatic carbocycles. The van der Waals surface area contributed by atoms with Crippen LogP contribution < -0.4 is 5.01 Å². The Kier molecular flexibility index (Phi) is 7.55. The zero-order valence-electron chi connectivity index (χ0n) is 18.6. The Hall–Kier alpha value is -4.31. The van der Waals surface area contributed by atoms with Gasteiger partial charge in [-0.15, -0.1) is 11.3 Å². The quantitative estimate of drug-likeness (QED) is 0.134. The molecule has 0 aliphatic rings. The summed E-state index contributed by atoms with van der Waals surface area (Å²) in [6, 6.07) is 20.4. The van der Waals surface area contributed by atoms with Gasteiger partial charge < -0.3 is 4.74 Å². The maximum absolute atomic E-state index is 13.2. The number of benzene rings is 3. The maximum Gasteiger partial charge on any atom is 0.416 e. The average Bonchev–Trinajstić information content (AvgIpc) is 3.30. The summed E-state index contributed by atoms with van der Waals surface area (Å²) in [7, 11) is 0. The summed E-state index contributed by atoms with van der Waals surface area (Å²) in [5.74, 6) is -1.64. The van der Waals surface area contributed by atoms with Crippen molar-refractivity contribution in [3.63, 3.8) is 0 Å². The predicted octanol–water partition coefficient (Wildman–Crippen LogP) is 5.94. The van der Waals surface area contributed by atoms with E-state index in [9.17, 15) is 22.8 Å². The van der Waals surface area contributed by atoms with Gasteiger partial charge in [0.1, 0.15) is 5.01 Å². The lowest BCUT2D eigenvalue weighted by Crippen LogP contribution is -2.30. The average molecular weight is 510 g/mol. The Labute approximate surface area is 208 Å². The number of anilines is 1. The van der Waals surface area contributed by atoms with E-state index in [1.165, 1.54) is 35.8 Å². The van der Waals surface area contributed by atoms with Crippen molar-refractivity contribution in [2.75, 3.05) is 11.6 Å². The maximum atomic E-state index is 13.2. The number of thiazole rings is 1. The van der Waals surface area contributed by atoms with E-state index in [1.54, 1.807) is 30.3 Å². The topological polar surface area (TPSA) is 71.9 Å². The zero-order valence-corrected chi connectivity index (χ0v) is 19.4. The first-order valence-corrected chi connectivity index (χ1v) is 11.4. The van der Waals surface area contributed by atoms with E-state index in [-0.39, 0.29) is 5.69 Å². The van der Waals surface area contributed by atoms with Crippen LogP contribution >= 0.6 is 11.3 Å². The number of esters is 1. The van der Waals surface area contributed by atoms with E-state index in [2.05, 4.69) is 10.1 Å². The minimum Gasteiger partial charge on any atom is -0.452 e. The number of hydrogen-bond donors (Lipinski definition) is 0. The fourth-order valence-corrected chi connectivity index (χ4v) is 3.97. The fraction of sp³-hybridized carbons (Fsp3) is 0.0769. The summed E-state index contributed by atoms with van der Waals surface area (Å²) in [5.41, 5.74) is 0.350. The lowest BCUT2D eigenvalue weighted by atomic mass is 10.2. The van der Waals surface area contributed by atoms with Crippen LogP contribution in [0.4, 0.5) is 18.9 Å². The number of amides is 1. The van der Waals surface area contributed by atoms with Gasteiger partial charge in [-0.05, 0) is 42.0 Å². The van der Waals surface area contributed by atoms with Crippen molar-refractivity contribution in [3.8, 4) is 0 Å². The second-order valence-electron chi connectivity index (χ2n) is 7.37. The third kappa shape index (κ3) is 6.42. The van der Waals surface area contributed by atoms with Crippen LogP contribution in [0.25, 0.3) is 16.3 Å². The summed E-state index contributed by atoms with van der Waals surface area (Å²) in [5, 5.41) is 5.41. The van der Waals surface area contributed by atoms with Crippen LogP contribution in [-0.2, 0) is 20.5 Å². The number of para-hydroxylation sites is 1. The van der Waals surface area contributed by atoms with Crippen LogP contribution in [0.2, 0.25) is 0 Å². The summed E-state index contributed by atoms with van der Waals surface area (Å²) in [6.45, 7) is -0.731. The molecule has 0 spiro atoms. The Morgan fingerprint density at radius 2 is 1.75 bits per heavy atom. The minimum atomic E-state index is -4.61. The number of carbonyl (C=O) groups excluding carboxylic acids is 2. The van der Waals surface area contributed by atoms with Crippen LogP contribution in [0.1, 0.15) is 16.1 Å². The molecule has 0 radical (unpaired) electrons. The molecule has 6 nitrogen and oxygen atoms in total. The molecule has 0 bridgehead atoms. The SMILES string of the molecule is O=C(/C=C/c1nc2ccccc2s1)OCC(=O)N(/N=C\c1ccccc1)c1cccc(C(F)(F)F)c1. The van der Waals surface area contributed by atoms with E-state index in [1.807, 2.05) is 24.3 Å². The van der Waals surface area contributed by atoms with Crippen LogP contribution in [0.3, 0.4) is 0 Å². The molecule has 4 aromatic rings. The van der Waals surface area contributed by atoms with Gasteiger partial charge in [-0.3, -0.25) is 4.79 Å². The normalized spacial score (nSPS) is 11.9. The van der Waals surface area contributed by atoms with Gasteiger partial charge >= 0.3 is 12.1 Å². The second kappa shape index (κ2) is 11.0. The molecule has 0 fully saturated rings. The Morgan fingerprint density at radius 1 is 1.00 bits per heavy atom. The first kappa shape index (κ1) is 24.8. The molecule has 0 atom stereocenters. The molecule has 182 valence electrons. The minimum absolute atomic E-state index is 0.122. The molecule has 1 amide bonds. The highest BCUT2D eigenvalue weighted by Crippen LogP contribution is 2.32. The third-order valence-electron chi connectivity index (χ3n) is 4.79. The van der Waals surface area contributed by atoms with Crippen molar-refractivity contribution in [1.82, 2.24) is 4.98 Å². The van der Waals surface area contributed by atoms with Gasteiger partial charge in [-0.1, -0.05) is 48.5 Å². The highest BCUT2D eigenvalue weighted by molar-refractivity contribution is 7.19. The smallest absolute Gasteiger partial charge is 0.416 e. The lowest BCUT2D eigenvalue weighted by Gasteiger charge is -2.18. The van der Waals surface area contributed by atoms with Gasteiger partial charge in [0.15, 0.2) is 6.61 Å². The van der Waals surface area contributed by atoms with Crippen LogP contribution in [-0.4, -0.2) is 29.7 Å². The van der Waals surface area contributed by atoms with Gasteiger partial charge in [0.05, 0.1) is 27.7 Å². The van der Waals surface area contributed by atoms with Crippen molar-refractivity contribution in [2.45, 2.75) is 6.18 Å². The molecule has 10 heteroatoms. The highest BCUT2D eigenvalue weighted by Gasteiger charge is 2.31. The predicted molar refractivity (Wildman–Crippen MR) is 133 cm³/mol. The van der Waals surface area contributed by atoms with Gasteiger partial charge in [0.2, 0.25) is 0 Å². The molecule has 0 saturated carbocycles. The van der Waals surface area contributed by atoms with Crippen molar-refractivity contribution in [1.29, 1.82) is 0 Å². The number of fused-ring (bicyclic) bond motifs is 1. The second-order valence-corrected chi connectivity index (χ2v) is 8.43. The molecular weight excluding hydrogens is 491 g/mol. The number of aromatic nitrogens is 1. The largest absolute Gasteiger partial charge is 0.452 e. The fourth-order valence-electron chi connectivity index (χ4n) is 3.10. The van der Waals surface area contributed by atoms with E-state index in [4.69, 9.17) is 4.74 Å². The summed E-state index contributed by atoms with van der Waals surface area (Å²) < 4.78 is 45.6. The molecule has 36 heavy (non-hydrogen) atoms. The molecule has 1 heterocycles. The van der Waals surface area contributed by atoms with E-state index in [0.29, 0.717) is 10.6 Å². The molecule has 0 saturated heterocycles. The molecular formula is C26H18F3N3O3S. The number of carbonyl (C=O) groups is 2. The Balaban J connectivity index is 1.48. The molecule has 0 N–H and O–H groups in total. The Morgan fingerprint density at radius 3 is 2.50 bits per heavy atom.